The predicted molar refractivity (Wildman–Crippen MR) is 85.1 cm³/mol. The molecule has 0 bridgehead atoms. The van der Waals surface area contributed by atoms with Gasteiger partial charge in [0.2, 0.25) is 0 Å². The first-order valence-corrected chi connectivity index (χ1v) is 7.88. The molecule has 4 nitrogen and oxygen atoms in total. The van der Waals surface area contributed by atoms with E-state index in [1.54, 1.807) is 6.92 Å². The molecule has 0 radical (unpaired) electrons. The summed E-state index contributed by atoms with van der Waals surface area (Å²) >= 11 is 1.46. The lowest BCUT2D eigenvalue weighted by atomic mass is 9.93. The second kappa shape index (κ2) is 5.28. The molecule has 1 aliphatic heterocycles. The van der Waals surface area contributed by atoms with Crippen molar-refractivity contribution in [1.29, 1.82) is 0 Å². The molecule has 1 aliphatic rings. The van der Waals surface area contributed by atoms with Gasteiger partial charge in [0.15, 0.2) is 11.5 Å². The van der Waals surface area contributed by atoms with E-state index >= 15 is 0 Å². The van der Waals surface area contributed by atoms with Crippen molar-refractivity contribution in [3.8, 4) is 5.75 Å². The molecule has 1 aromatic rings. The Morgan fingerprint density at radius 3 is 2.55 bits per heavy atom. The molecule has 0 aliphatic carbocycles. The van der Waals surface area contributed by atoms with Gasteiger partial charge in [-0.2, -0.15) is 0 Å². The number of carbonyl (C=O) groups is 1. The fourth-order valence-electron chi connectivity index (χ4n) is 2.52. The van der Waals surface area contributed by atoms with E-state index in [9.17, 15) is 4.79 Å². The lowest BCUT2D eigenvalue weighted by molar-refractivity contribution is 0.102. The van der Waals surface area contributed by atoms with Crippen LogP contribution in [0.4, 0.5) is 10.7 Å². The number of thiophene rings is 1. The highest BCUT2D eigenvalue weighted by atomic mass is 32.1. The van der Waals surface area contributed by atoms with E-state index in [4.69, 9.17) is 10.5 Å². The molecule has 112 valence electrons. The number of nitrogens with two attached hydrogens (primary N) is 1. The smallest absolute Gasteiger partial charge is 0.177 e. The molecule has 1 fully saturated rings. The van der Waals surface area contributed by atoms with E-state index in [0.29, 0.717) is 21.7 Å². The zero-order valence-electron chi connectivity index (χ0n) is 12.9. The molecule has 0 aromatic carbocycles. The topological polar surface area (TPSA) is 55.6 Å². The molecule has 1 saturated heterocycles. The van der Waals surface area contributed by atoms with Crippen molar-refractivity contribution in [2.45, 2.75) is 47.1 Å². The fourth-order valence-corrected chi connectivity index (χ4v) is 3.60. The number of ether oxygens (including phenoxy) is 1. The lowest BCUT2D eigenvalue weighted by Crippen LogP contribution is -2.22. The first-order valence-electron chi connectivity index (χ1n) is 7.06. The molecule has 20 heavy (non-hydrogen) atoms. The Morgan fingerprint density at radius 2 is 2.10 bits per heavy atom. The predicted octanol–water partition coefficient (Wildman–Crippen LogP) is 3.56. The summed E-state index contributed by atoms with van der Waals surface area (Å²) in [5.41, 5.74) is 6.92. The molecule has 0 unspecified atom stereocenters. The summed E-state index contributed by atoms with van der Waals surface area (Å²) in [5, 5.41) is 1.01. The van der Waals surface area contributed by atoms with Gasteiger partial charge in [0.1, 0.15) is 5.00 Å². The second-order valence-electron chi connectivity index (χ2n) is 6.54. The molecule has 1 aromatic heterocycles. The average molecular weight is 296 g/mol. The first-order chi connectivity index (χ1) is 9.21. The third-order valence-electron chi connectivity index (χ3n) is 3.52. The normalized spacial score (nSPS) is 17.8. The number of nitrogen functional groups attached to an aromatic ring is 1. The van der Waals surface area contributed by atoms with Crippen LogP contribution in [0.2, 0.25) is 0 Å². The van der Waals surface area contributed by atoms with Crippen molar-refractivity contribution in [2.75, 3.05) is 23.7 Å². The van der Waals surface area contributed by atoms with Crippen LogP contribution in [0.1, 0.15) is 50.7 Å². The molecular formula is C15H24N2O2S. The van der Waals surface area contributed by atoms with Crippen LogP contribution in [0.25, 0.3) is 0 Å². The van der Waals surface area contributed by atoms with Gasteiger partial charge in [0.05, 0.1) is 16.7 Å². The van der Waals surface area contributed by atoms with Gasteiger partial charge in [-0.15, -0.1) is 11.3 Å². The average Bonchev–Trinajstić information content (AvgIpc) is 2.80. The molecular weight excluding hydrogens is 272 g/mol. The third-order valence-corrected chi connectivity index (χ3v) is 4.87. The van der Waals surface area contributed by atoms with Crippen molar-refractivity contribution in [1.82, 2.24) is 0 Å². The molecule has 0 spiro atoms. The molecule has 0 atom stereocenters. The minimum Gasteiger partial charge on any atom is -0.486 e. The maximum Gasteiger partial charge on any atom is 0.177 e. The molecule has 2 rings (SSSR count). The standard InChI is InChI=1S/C15H24N2O2S/c1-9(2)19-12-11(16)13(10(3)18)20-14(12)17-7-6-15(4,5)8-17/h9H,6-8,16H2,1-5H3. The molecule has 5 heteroatoms. The highest BCUT2D eigenvalue weighted by Gasteiger charge is 2.33. The zero-order valence-corrected chi connectivity index (χ0v) is 13.8. The summed E-state index contributed by atoms with van der Waals surface area (Å²) in [6.45, 7) is 12.0. The largest absolute Gasteiger partial charge is 0.486 e. The van der Waals surface area contributed by atoms with Gasteiger partial charge in [-0.25, -0.2) is 0 Å². The quantitative estimate of drug-likeness (QED) is 0.863. The van der Waals surface area contributed by atoms with E-state index in [1.165, 1.54) is 11.3 Å². The van der Waals surface area contributed by atoms with Crippen molar-refractivity contribution >= 4 is 27.8 Å². The number of rotatable bonds is 4. The van der Waals surface area contributed by atoms with E-state index in [0.717, 1.165) is 24.5 Å². The van der Waals surface area contributed by atoms with Gasteiger partial charge in [0, 0.05) is 20.0 Å². The minimum atomic E-state index is 0.00538. The van der Waals surface area contributed by atoms with Crippen LogP contribution in [0.5, 0.6) is 5.75 Å². The molecule has 0 amide bonds. The van der Waals surface area contributed by atoms with E-state index in [1.807, 2.05) is 13.8 Å². The van der Waals surface area contributed by atoms with Crippen LogP contribution in [0.3, 0.4) is 0 Å². The highest BCUT2D eigenvalue weighted by Crippen LogP contribution is 2.48. The van der Waals surface area contributed by atoms with Gasteiger partial charge in [-0.1, -0.05) is 13.8 Å². The molecule has 0 saturated carbocycles. The monoisotopic (exact) mass is 296 g/mol. The van der Waals surface area contributed by atoms with E-state index < -0.39 is 0 Å². The minimum absolute atomic E-state index is 0.00538. The van der Waals surface area contributed by atoms with Crippen LogP contribution >= 0.6 is 11.3 Å². The van der Waals surface area contributed by atoms with E-state index in [2.05, 4.69) is 18.7 Å². The van der Waals surface area contributed by atoms with Crippen molar-refractivity contribution in [2.24, 2.45) is 5.41 Å². The van der Waals surface area contributed by atoms with Crippen LogP contribution in [-0.4, -0.2) is 25.0 Å². The van der Waals surface area contributed by atoms with Crippen molar-refractivity contribution < 1.29 is 9.53 Å². The summed E-state index contributed by atoms with van der Waals surface area (Å²) < 4.78 is 5.88. The van der Waals surface area contributed by atoms with Crippen LogP contribution in [0, 0.1) is 5.41 Å². The number of carbonyl (C=O) groups excluding carboxylic acids is 1. The summed E-state index contributed by atoms with van der Waals surface area (Å²) in [5.74, 6) is 0.693. The maximum absolute atomic E-state index is 11.7. The Labute approximate surface area is 124 Å². The third kappa shape index (κ3) is 2.92. The SMILES string of the molecule is CC(=O)c1sc(N2CCC(C)(C)C2)c(OC(C)C)c1N. The Kier molecular flexibility index (Phi) is 4.00. The number of Topliss-reactive ketones (excluding diaryl/α,β-unsaturated/α-hetero) is 1. The number of ketones is 1. The zero-order chi connectivity index (χ0) is 15.1. The Morgan fingerprint density at radius 1 is 1.45 bits per heavy atom. The lowest BCUT2D eigenvalue weighted by Gasteiger charge is -2.22. The Balaban J connectivity index is 2.41. The Hall–Kier alpha value is -1.23. The highest BCUT2D eigenvalue weighted by molar-refractivity contribution is 7.19. The van der Waals surface area contributed by atoms with Gasteiger partial charge in [0.25, 0.3) is 0 Å². The van der Waals surface area contributed by atoms with Gasteiger partial charge >= 0.3 is 0 Å². The van der Waals surface area contributed by atoms with Gasteiger partial charge < -0.3 is 15.4 Å². The number of anilines is 2. The van der Waals surface area contributed by atoms with Gasteiger partial charge in [-0.05, 0) is 25.7 Å². The second-order valence-corrected chi connectivity index (χ2v) is 7.54. The van der Waals surface area contributed by atoms with Crippen molar-refractivity contribution in [3.63, 3.8) is 0 Å². The summed E-state index contributed by atoms with van der Waals surface area (Å²) in [6, 6.07) is 0. The molecule has 2 heterocycles. The van der Waals surface area contributed by atoms with E-state index in [-0.39, 0.29) is 11.9 Å². The number of hydrogen-bond acceptors (Lipinski definition) is 5. The summed E-state index contributed by atoms with van der Waals surface area (Å²) in [6.07, 6.45) is 1.18. The maximum atomic E-state index is 11.7. The van der Waals surface area contributed by atoms with Crippen LogP contribution in [0.15, 0.2) is 0 Å². The van der Waals surface area contributed by atoms with Crippen LogP contribution < -0.4 is 15.4 Å². The fraction of sp³-hybridized carbons (Fsp3) is 0.667. The first kappa shape index (κ1) is 15.2. The summed E-state index contributed by atoms with van der Waals surface area (Å²) in [4.78, 5) is 14.6. The molecule has 2 N–H and O–H groups in total. The number of hydrogen-bond donors (Lipinski definition) is 1. The van der Waals surface area contributed by atoms with Gasteiger partial charge in [-0.3, -0.25) is 4.79 Å². The van der Waals surface area contributed by atoms with Crippen molar-refractivity contribution in [3.05, 3.63) is 4.88 Å². The Bertz CT molecular complexity index is 520. The van der Waals surface area contributed by atoms with Crippen LogP contribution in [-0.2, 0) is 0 Å². The number of nitrogens with zero attached hydrogens (tertiary/aromatic N) is 1. The summed E-state index contributed by atoms with van der Waals surface area (Å²) in [7, 11) is 0.